The van der Waals surface area contributed by atoms with Gasteiger partial charge in [0, 0.05) is 54.1 Å². The van der Waals surface area contributed by atoms with E-state index in [1.807, 2.05) is 21.6 Å². The van der Waals surface area contributed by atoms with Crippen LogP contribution in [0.25, 0.3) is 10.9 Å². The van der Waals surface area contributed by atoms with Gasteiger partial charge in [0.15, 0.2) is 0 Å². The van der Waals surface area contributed by atoms with E-state index < -0.39 is 11.6 Å². The Hall–Kier alpha value is -3.29. The van der Waals surface area contributed by atoms with Crippen molar-refractivity contribution in [1.82, 2.24) is 14.5 Å². The molecular formula is C27H22ClF2N3O2. The van der Waals surface area contributed by atoms with Gasteiger partial charge in [-0.15, -0.1) is 0 Å². The molecule has 4 aromatic rings. The van der Waals surface area contributed by atoms with Crippen molar-refractivity contribution < 1.29 is 18.3 Å². The average molecular weight is 494 g/mol. The first kappa shape index (κ1) is 22.2. The summed E-state index contributed by atoms with van der Waals surface area (Å²) in [6.45, 7) is 1.82. The summed E-state index contributed by atoms with van der Waals surface area (Å²) in [4.78, 5) is 19.9. The number of hydrogen-bond donors (Lipinski definition) is 0. The molecule has 2 aromatic carbocycles. The zero-order valence-electron chi connectivity index (χ0n) is 18.8. The molecule has 0 atom stereocenters. The van der Waals surface area contributed by atoms with Crippen molar-refractivity contribution >= 4 is 28.4 Å². The number of benzene rings is 2. The molecule has 178 valence electrons. The highest BCUT2D eigenvalue weighted by Gasteiger charge is 2.44. The lowest BCUT2D eigenvalue weighted by Crippen LogP contribution is -2.45. The predicted octanol–water partition coefficient (Wildman–Crippen LogP) is 5.68. The molecule has 1 spiro atoms. The fourth-order valence-corrected chi connectivity index (χ4v) is 5.54. The first-order chi connectivity index (χ1) is 16.9. The van der Waals surface area contributed by atoms with Crippen molar-refractivity contribution in [2.75, 3.05) is 13.1 Å². The normalized spacial score (nSPS) is 16.7. The van der Waals surface area contributed by atoms with Gasteiger partial charge in [-0.25, -0.2) is 8.78 Å². The fourth-order valence-electron chi connectivity index (χ4n) is 5.37. The lowest BCUT2D eigenvalue weighted by molar-refractivity contribution is -0.0744. The number of amides is 1. The molecule has 0 N–H and O–H groups in total. The van der Waals surface area contributed by atoms with Gasteiger partial charge >= 0.3 is 0 Å². The van der Waals surface area contributed by atoms with Crippen LogP contribution in [0.1, 0.15) is 40.0 Å². The molecule has 35 heavy (non-hydrogen) atoms. The smallest absolute Gasteiger partial charge is 0.256 e. The summed E-state index contributed by atoms with van der Waals surface area (Å²) in [5, 5.41) is 1.27. The molecular weight excluding hydrogens is 472 g/mol. The Labute approximate surface area is 205 Å². The molecule has 2 aliphatic heterocycles. The predicted molar refractivity (Wildman–Crippen MR) is 128 cm³/mol. The first-order valence-electron chi connectivity index (χ1n) is 11.5. The highest BCUT2D eigenvalue weighted by Crippen LogP contribution is 2.43. The van der Waals surface area contributed by atoms with Gasteiger partial charge in [-0.2, -0.15) is 0 Å². The SMILES string of the molecule is O=C(c1cn(Cc2cc(F)cc(F)c2)c2cc(Cl)ccc12)N1CCC2(CC1)OCc1ncccc12. The molecule has 2 aromatic heterocycles. The Bertz CT molecular complexity index is 1440. The second-order valence-corrected chi connectivity index (χ2v) is 9.62. The number of piperidine rings is 1. The summed E-state index contributed by atoms with van der Waals surface area (Å²) in [6, 6.07) is 12.8. The average Bonchev–Trinajstić information content (AvgIpc) is 3.37. The number of halogens is 3. The van der Waals surface area contributed by atoms with Crippen LogP contribution >= 0.6 is 11.6 Å². The fraction of sp³-hybridized carbons (Fsp3) is 0.259. The molecule has 5 nitrogen and oxygen atoms in total. The molecule has 0 unspecified atom stereocenters. The number of fused-ring (bicyclic) bond motifs is 3. The first-order valence-corrected chi connectivity index (χ1v) is 11.9. The molecule has 6 rings (SSSR count). The van der Waals surface area contributed by atoms with Gasteiger partial charge in [-0.05, 0) is 48.7 Å². The van der Waals surface area contributed by atoms with Gasteiger partial charge in [0.1, 0.15) is 11.6 Å². The number of pyridine rings is 1. The third-order valence-corrected chi connectivity index (χ3v) is 7.31. The van der Waals surface area contributed by atoms with Crippen molar-refractivity contribution in [3.8, 4) is 0 Å². The number of carbonyl (C=O) groups excluding carboxylic acids is 1. The lowest BCUT2D eigenvalue weighted by atomic mass is 9.85. The van der Waals surface area contributed by atoms with Crippen molar-refractivity contribution in [2.45, 2.75) is 31.6 Å². The van der Waals surface area contributed by atoms with Gasteiger partial charge in [0.05, 0.1) is 29.0 Å². The number of nitrogens with zero attached hydrogens (tertiary/aromatic N) is 3. The molecule has 2 aliphatic rings. The van der Waals surface area contributed by atoms with Gasteiger partial charge in [-0.1, -0.05) is 23.7 Å². The monoisotopic (exact) mass is 493 g/mol. The summed E-state index contributed by atoms with van der Waals surface area (Å²) < 4.78 is 35.5. The Morgan fingerprint density at radius 1 is 1.09 bits per heavy atom. The van der Waals surface area contributed by atoms with Crippen LogP contribution < -0.4 is 0 Å². The molecule has 1 amide bonds. The van der Waals surface area contributed by atoms with E-state index >= 15 is 0 Å². The van der Waals surface area contributed by atoms with Gasteiger partial charge < -0.3 is 14.2 Å². The minimum absolute atomic E-state index is 0.0826. The molecule has 0 aliphatic carbocycles. The van der Waals surface area contributed by atoms with Gasteiger partial charge in [-0.3, -0.25) is 9.78 Å². The Morgan fingerprint density at radius 3 is 2.63 bits per heavy atom. The van der Waals surface area contributed by atoms with Crippen LogP contribution in [0.3, 0.4) is 0 Å². The standard InChI is InChI=1S/C27H22ClF2N3O2/c28-18-3-4-21-22(15-33(25(21)12-18)14-17-10-19(29)13-20(30)11-17)26(34)32-8-5-27(6-9-32)23-2-1-7-31-24(23)16-35-27/h1-4,7,10-13,15H,5-6,8-9,14,16H2. The largest absolute Gasteiger partial charge is 0.364 e. The van der Waals surface area contributed by atoms with E-state index in [0.29, 0.717) is 48.7 Å². The minimum atomic E-state index is -0.640. The van der Waals surface area contributed by atoms with Crippen LogP contribution in [0.4, 0.5) is 8.78 Å². The minimum Gasteiger partial charge on any atom is -0.364 e. The maximum absolute atomic E-state index is 13.8. The highest BCUT2D eigenvalue weighted by molar-refractivity contribution is 6.31. The summed E-state index contributed by atoms with van der Waals surface area (Å²) in [5.41, 5.74) is 3.45. The molecule has 8 heteroatoms. The van der Waals surface area contributed by atoms with Crippen molar-refractivity contribution in [3.05, 3.63) is 100.0 Å². The topological polar surface area (TPSA) is 47.4 Å². The van der Waals surface area contributed by atoms with Crippen LogP contribution in [0, 0.1) is 11.6 Å². The lowest BCUT2D eigenvalue weighted by Gasteiger charge is -2.39. The second-order valence-electron chi connectivity index (χ2n) is 9.18. The van der Waals surface area contributed by atoms with Crippen LogP contribution in [-0.2, 0) is 23.5 Å². The summed E-state index contributed by atoms with van der Waals surface area (Å²) in [7, 11) is 0. The number of hydrogen-bond acceptors (Lipinski definition) is 3. The molecule has 0 saturated carbocycles. The van der Waals surface area contributed by atoms with E-state index in [4.69, 9.17) is 16.3 Å². The summed E-state index contributed by atoms with van der Waals surface area (Å²) in [6.07, 6.45) is 4.93. The second kappa shape index (κ2) is 8.43. The number of aromatic nitrogens is 2. The Morgan fingerprint density at radius 2 is 1.86 bits per heavy atom. The number of carbonyl (C=O) groups is 1. The third-order valence-electron chi connectivity index (χ3n) is 7.07. The molecule has 1 saturated heterocycles. The molecule has 1 fully saturated rings. The number of ether oxygens (including phenoxy) is 1. The maximum Gasteiger partial charge on any atom is 0.256 e. The summed E-state index contributed by atoms with van der Waals surface area (Å²) >= 11 is 6.24. The summed E-state index contributed by atoms with van der Waals surface area (Å²) in [5.74, 6) is -1.36. The van der Waals surface area contributed by atoms with Crippen LogP contribution in [-0.4, -0.2) is 33.4 Å². The zero-order chi connectivity index (χ0) is 24.2. The van der Waals surface area contributed by atoms with E-state index in [1.165, 1.54) is 12.1 Å². The quantitative estimate of drug-likeness (QED) is 0.369. The van der Waals surface area contributed by atoms with E-state index in [2.05, 4.69) is 11.1 Å². The van der Waals surface area contributed by atoms with E-state index in [-0.39, 0.29) is 18.1 Å². The van der Waals surface area contributed by atoms with Crippen molar-refractivity contribution in [1.29, 1.82) is 0 Å². The van der Waals surface area contributed by atoms with Crippen molar-refractivity contribution in [3.63, 3.8) is 0 Å². The van der Waals surface area contributed by atoms with E-state index in [0.717, 1.165) is 28.2 Å². The number of rotatable bonds is 3. The highest BCUT2D eigenvalue weighted by atomic mass is 35.5. The Balaban J connectivity index is 1.29. The van der Waals surface area contributed by atoms with E-state index in [1.54, 1.807) is 24.5 Å². The Kier molecular flexibility index (Phi) is 5.34. The number of likely N-dealkylation sites (tertiary alicyclic amines) is 1. The van der Waals surface area contributed by atoms with E-state index in [9.17, 15) is 13.6 Å². The van der Waals surface area contributed by atoms with Crippen LogP contribution in [0.15, 0.2) is 60.9 Å². The maximum atomic E-state index is 13.8. The van der Waals surface area contributed by atoms with Gasteiger partial charge in [0.25, 0.3) is 5.91 Å². The molecule has 0 bridgehead atoms. The zero-order valence-corrected chi connectivity index (χ0v) is 19.6. The van der Waals surface area contributed by atoms with Crippen LogP contribution in [0.2, 0.25) is 5.02 Å². The molecule has 4 heterocycles. The molecule has 0 radical (unpaired) electrons. The van der Waals surface area contributed by atoms with Crippen molar-refractivity contribution in [2.24, 2.45) is 0 Å². The third kappa shape index (κ3) is 3.89. The van der Waals surface area contributed by atoms with Gasteiger partial charge in [0.2, 0.25) is 0 Å². The van der Waals surface area contributed by atoms with Crippen LogP contribution in [0.5, 0.6) is 0 Å².